The van der Waals surface area contributed by atoms with Crippen LogP contribution in [0.4, 0.5) is 0 Å². The number of ether oxygens (including phenoxy) is 1. The highest BCUT2D eigenvalue weighted by Gasteiger charge is 2.32. The number of allylic oxidation sites excluding steroid dienone is 2. The van der Waals surface area contributed by atoms with Crippen molar-refractivity contribution < 1.29 is 14.6 Å². The second kappa shape index (κ2) is 9.31. The van der Waals surface area contributed by atoms with Crippen molar-refractivity contribution >= 4 is 28.8 Å². The molecular formula is C25H23ClN4O3. The molecule has 33 heavy (non-hydrogen) atoms. The Morgan fingerprint density at radius 2 is 2.06 bits per heavy atom. The average molecular weight is 463 g/mol. The second-order valence-electron chi connectivity index (χ2n) is 8.10. The van der Waals surface area contributed by atoms with Crippen LogP contribution in [0.1, 0.15) is 16.8 Å². The molecule has 1 fully saturated rings. The number of aliphatic hydroxyl groups excluding tert-OH is 1. The summed E-state index contributed by atoms with van der Waals surface area (Å²) in [5.74, 6) is 0.974. The summed E-state index contributed by atoms with van der Waals surface area (Å²) in [6.45, 7) is 1.10. The first-order valence-corrected chi connectivity index (χ1v) is 11.2. The zero-order valence-corrected chi connectivity index (χ0v) is 18.5. The summed E-state index contributed by atoms with van der Waals surface area (Å²) in [5, 5.41) is 16.5. The largest absolute Gasteiger partial charge is 0.457 e. The Kier molecular flexibility index (Phi) is 6.09. The van der Waals surface area contributed by atoms with Gasteiger partial charge in [0.2, 0.25) is 5.78 Å². The molecule has 3 N–H and O–H groups in total. The van der Waals surface area contributed by atoms with Crippen LogP contribution in [0.25, 0.3) is 0 Å². The van der Waals surface area contributed by atoms with E-state index in [4.69, 9.17) is 16.3 Å². The highest BCUT2D eigenvalue weighted by atomic mass is 35.5. The van der Waals surface area contributed by atoms with Gasteiger partial charge in [-0.1, -0.05) is 29.8 Å². The lowest BCUT2D eigenvalue weighted by Gasteiger charge is -2.23. The molecule has 7 nitrogen and oxygen atoms in total. The fourth-order valence-corrected chi connectivity index (χ4v) is 4.44. The van der Waals surface area contributed by atoms with Gasteiger partial charge >= 0.3 is 0 Å². The molecule has 2 aromatic carbocycles. The van der Waals surface area contributed by atoms with E-state index in [-0.39, 0.29) is 24.5 Å². The van der Waals surface area contributed by atoms with Crippen LogP contribution in [-0.4, -0.2) is 54.1 Å². The number of benzene rings is 2. The number of hydrogen-bond donors (Lipinski definition) is 3. The molecule has 0 aliphatic carbocycles. The minimum absolute atomic E-state index is 0.0339. The number of Topliss-reactive ketones (excluding diaryl/α,β-unsaturated/α-hetero) is 1. The van der Waals surface area contributed by atoms with Gasteiger partial charge in [-0.3, -0.25) is 14.8 Å². The fourth-order valence-electron chi connectivity index (χ4n) is 4.18. The van der Waals surface area contributed by atoms with Crippen molar-refractivity contribution in [3.8, 4) is 11.5 Å². The molecule has 0 spiro atoms. The molecule has 0 radical (unpaired) electrons. The van der Waals surface area contributed by atoms with Crippen molar-refractivity contribution in [1.82, 2.24) is 10.6 Å². The fraction of sp³-hybridized carbons (Fsp3) is 0.240. The van der Waals surface area contributed by atoms with Crippen LogP contribution in [-0.2, 0) is 0 Å². The van der Waals surface area contributed by atoms with E-state index in [1.807, 2.05) is 36.4 Å². The Hall–Kier alpha value is -3.26. The van der Waals surface area contributed by atoms with Crippen LogP contribution in [0.3, 0.4) is 0 Å². The highest BCUT2D eigenvalue weighted by molar-refractivity contribution is 6.55. The van der Waals surface area contributed by atoms with Gasteiger partial charge in [0.1, 0.15) is 17.2 Å². The van der Waals surface area contributed by atoms with Crippen LogP contribution < -0.4 is 15.4 Å². The number of aliphatic hydroxyl groups is 1. The molecule has 0 amide bonds. The smallest absolute Gasteiger partial charge is 0.214 e. The Morgan fingerprint density at radius 1 is 1.21 bits per heavy atom. The number of aliphatic imine (C=N–C) groups is 2. The van der Waals surface area contributed by atoms with E-state index in [0.29, 0.717) is 46.6 Å². The predicted molar refractivity (Wildman–Crippen MR) is 129 cm³/mol. The Labute approximate surface area is 196 Å². The molecule has 168 valence electrons. The molecule has 0 unspecified atom stereocenters. The number of dihydropyridines is 1. The Balaban J connectivity index is 1.40. The number of rotatable bonds is 7. The van der Waals surface area contributed by atoms with Gasteiger partial charge in [-0.2, -0.15) is 0 Å². The summed E-state index contributed by atoms with van der Waals surface area (Å²) >= 11 is 6.51. The number of nitrogens with zero attached hydrogens (tertiary/aromatic N) is 2. The van der Waals surface area contributed by atoms with Gasteiger partial charge in [-0.05, 0) is 36.8 Å². The quantitative estimate of drug-likeness (QED) is 0.549. The number of carbonyl (C=O) groups excluding carboxylic acids is 1. The molecule has 2 atom stereocenters. The molecule has 2 aromatic rings. The number of hydrogen-bond acceptors (Lipinski definition) is 7. The summed E-state index contributed by atoms with van der Waals surface area (Å²) in [6, 6.07) is 14.5. The molecule has 8 heteroatoms. The third-order valence-electron chi connectivity index (χ3n) is 5.85. The van der Waals surface area contributed by atoms with E-state index in [0.717, 1.165) is 17.7 Å². The van der Waals surface area contributed by atoms with E-state index < -0.39 is 0 Å². The van der Waals surface area contributed by atoms with E-state index in [1.54, 1.807) is 24.4 Å². The number of carbonyl (C=O) groups is 1. The van der Waals surface area contributed by atoms with E-state index in [9.17, 15) is 9.90 Å². The number of fused-ring (bicyclic) bond motifs is 1. The van der Waals surface area contributed by atoms with Crippen LogP contribution in [0, 0.1) is 0 Å². The molecule has 0 bridgehead atoms. The van der Waals surface area contributed by atoms with Gasteiger partial charge in [0.05, 0.1) is 29.6 Å². The van der Waals surface area contributed by atoms with Gasteiger partial charge in [-0.15, -0.1) is 0 Å². The molecule has 5 rings (SSSR count). The minimum atomic E-state index is -0.259. The van der Waals surface area contributed by atoms with Gasteiger partial charge in [0.25, 0.3) is 0 Å². The molecule has 3 aliphatic heterocycles. The molecular weight excluding hydrogens is 440 g/mol. The number of para-hydroxylation sites is 1. The Morgan fingerprint density at radius 3 is 2.82 bits per heavy atom. The van der Waals surface area contributed by atoms with Gasteiger partial charge in [-0.25, -0.2) is 0 Å². The summed E-state index contributed by atoms with van der Waals surface area (Å²) < 4.78 is 5.83. The van der Waals surface area contributed by atoms with Crippen LogP contribution >= 0.6 is 11.6 Å². The lowest BCUT2D eigenvalue weighted by molar-refractivity contribution is 0.106. The highest BCUT2D eigenvalue weighted by Crippen LogP contribution is 2.29. The zero-order valence-electron chi connectivity index (χ0n) is 17.8. The summed E-state index contributed by atoms with van der Waals surface area (Å²) in [6.07, 6.45) is 4.36. The summed E-state index contributed by atoms with van der Waals surface area (Å²) in [7, 11) is 0. The molecule has 3 heterocycles. The van der Waals surface area contributed by atoms with Crippen LogP contribution in [0.2, 0.25) is 5.02 Å². The van der Waals surface area contributed by atoms with E-state index in [2.05, 4.69) is 20.6 Å². The number of nitrogens with one attached hydrogen (secondary N) is 2. The lowest BCUT2D eigenvalue weighted by atomic mass is 9.96. The monoisotopic (exact) mass is 462 g/mol. The topological polar surface area (TPSA) is 95.3 Å². The molecule has 3 aliphatic rings. The first kappa shape index (κ1) is 21.6. The predicted octanol–water partition coefficient (Wildman–Crippen LogP) is 3.30. The van der Waals surface area contributed by atoms with Crippen molar-refractivity contribution in [3.05, 3.63) is 82.7 Å². The van der Waals surface area contributed by atoms with Crippen molar-refractivity contribution in [2.45, 2.75) is 18.5 Å². The van der Waals surface area contributed by atoms with Crippen LogP contribution in [0.5, 0.6) is 11.5 Å². The third kappa shape index (κ3) is 4.48. The first-order valence-electron chi connectivity index (χ1n) is 10.8. The lowest BCUT2D eigenvalue weighted by Crippen LogP contribution is -2.39. The van der Waals surface area contributed by atoms with Crippen molar-refractivity contribution in [1.29, 1.82) is 0 Å². The number of halogens is 1. The normalized spacial score (nSPS) is 21.5. The van der Waals surface area contributed by atoms with Crippen molar-refractivity contribution in [2.75, 3.05) is 19.7 Å². The third-order valence-corrected chi connectivity index (χ3v) is 6.16. The average Bonchev–Trinajstić information content (AvgIpc) is 3.49. The second-order valence-corrected chi connectivity index (χ2v) is 8.50. The molecule has 0 saturated carbocycles. The zero-order chi connectivity index (χ0) is 22.8. The standard InChI is InChI=1S/C25H23ClN4O3/c26-21-11-18(33-17-4-2-1-3-5-17)6-7-19(21)25(32)24-23(20-8-9-27-22(20)13-29-24)30-15-10-16(14-31)28-12-15/h1-9,11,15-16,28,30-31H,10,12-14H2/t15-,16+/m1/s1. The Bertz CT molecular complexity index is 1200. The van der Waals surface area contributed by atoms with Gasteiger partial charge in [0, 0.05) is 42.0 Å². The van der Waals surface area contributed by atoms with Gasteiger partial charge < -0.3 is 20.5 Å². The summed E-state index contributed by atoms with van der Waals surface area (Å²) in [4.78, 5) is 22.5. The number of ketones is 1. The maximum Gasteiger partial charge on any atom is 0.214 e. The van der Waals surface area contributed by atoms with Crippen molar-refractivity contribution in [2.24, 2.45) is 9.98 Å². The SMILES string of the molecule is O=C(C1=NCC2=NC=CC2=C1N[C@H]1CN[C@H](CO)C1)c1ccc(Oc2ccccc2)cc1Cl. The molecule has 1 saturated heterocycles. The van der Waals surface area contributed by atoms with Crippen LogP contribution in [0.15, 0.2) is 82.1 Å². The summed E-state index contributed by atoms with van der Waals surface area (Å²) in [5.41, 5.74) is 3.06. The van der Waals surface area contributed by atoms with Crippen molar-refractivity contribution in [3.63, 3.8) is 0 Å². The van der Waals surface area contributed by atoms with E-state index in [1.165, 1.54) is 0 Å². The maximum absolute atomic E-state index is 13.5. The van der Waals surface area contributed by atoms with Gasteiger partial charge in [0.15, 0.2) is 0 Å². The minimum Gasteiger partial charge on any atom is -0.457 e. The van der Waals surface area contributed by atoms with E-state index >= 15 is 0 Å². The molecule has 0 aromatic heterocycles. The first-order chi connectivity index (χ1) is 16.1. The maximum atomic E-state index is 13.5.